The Morgan fingerprint density at radius 3 is 2.12 bits per heavy atom. The summed E-state index contributed by atoms with van der Waals surface area (Å²) in [6, 6.07) is 0. The van der Waals surface area contributed by atoms with Gasteiger partial charge < -0.3 is 9.47 Å². The van der Waals surface area contributed by atoms with Crippen LogP contribution in [-0.2, 0) is 14.3 Å². The van der Waals surface area contributed by atoms with Gasteiger partial charge in [-0.1, -0.05) is 0 Å². The summed E-state index contributed by atoms with van der Waals surface area (Å²) < 4.78 is 44.7. The molecule has 0 saturated carbocycles. The molecule has 0 spiro atoms. The number of alkyl halides is 3. The van der Waals surface area contributed by atoms with Crippen LogP contribution in [-0.4, -0.2) is 31.0 Å². The second kappa shape index (κ2) is 6.08. The number of esters is 1. The quantitative estimate of drug-likeness (QED) is 0.549. The van der Waals surface area contributed by atoms with Gasteiger partial charge in [0.15, 0.2) is 0 Å². The molecule has 0 fully saturated rings. The molecule has 0 aliphatic carbocycles. The highest BCUT2D eigenvalue weighted by Crippen LogP contribution is 2.19. The lowest BCUT2D eigenvalue weighted by Gasteiger charge is -2.19. The molecule has 0 unspecified atom stereocenters. The Bertz CT molecular complexity index is 218. The fourth-order valence-electron chi connectivity index (χ4n) is 0.838. The number of ether oxygens (including phenoxy) is 2. The van der Waals surface area contributed by atoms with Crippen molar-refractivity contribution < 1.29 is 27.4 Å². The van der Waals surface area contributed by atoms with Gasteiger partial charge in [-0.2, -0.15) is 13.2 Å². The van der Waals surface area contributed by atoms with Crippen molar-refractivity contribution in [3.8, 4) is 0 Å². The molecule has 0 aliphatic rings. The van der Waals surface area contributed by atoms with Gasteiger partial charge in [-0.05, 0) is 20.8 Å². The number of hydrogen-bond donors (Lipinski definition) is 0. The molecule has 0 N–H and O–H groups in total. The van der Waals surface area contributed by atoms with Crippen molar-refractivity contribution >= 4 is 5.97 Å². The number of rotatable bonds is 5. The predicted molar refractivity (Wildman–Crippen MR) is 52.0 cm³/mol. The van der Waals surface area contributed by atoms with E-state index in [0.29, 0.717) is 0 Å². The van der Waals surface area contributed by atoms with Crippen molar-refractivity contribution in [2.75, 3.05) is 13.2 Å². The molecule has 0 aromatic heterocycles. The highest BCUT2D eigenvalue weighted by Gasteiger charge is 2.26. The lowest BCUT2D eigenvalue weighted by atomic mass is 10.2. The molecule has 0 rings (SSSR count). The molecule has 0 atom stereocenters. The molecule has 6 heteroatoms. The average Bonchev–Trinajstić information content (AvgIpc) is 1.97. The highest BCUT2D eigenvalue weighted by molar-refractivity contribution is 5.69. The lowest BCUT2D eigenvalue weighted by molar-refractivity contribution is -0.157. The van der Waals surface area contributed by atoms with Gasteiger partial charge in [0.2, 0.25) is 0 Å². The van der Waals surface area contributed by atoms with Crippen LogP contribution in [0.1, 0.15) is 33.6 Å². The first-order valence-corrected chi connectivity index (χ1v) is 4.96. The first kappa shape index (κ1) is 15.2. The molecule has 0 aliphatic heterocycles. The summed E-state index contributed by atoms with van der Waals surface area (Å²) in [6.07, 6.45) is -5.25. The molecular formula is C10H17F3O3. The SMILES string of the molecule is CC(C)(C)OC(=O)CCOCCC(F)(F)F. The van der Waals surface area contributed by atoms with E-state index in [4.69, 9.17) is 4.74 Å². The molecule has 0 aromatic carbocycles. The minimum absolute atomic E-state index is 0.0326. The van der Waals surface area contributed by atoms with Gasteiger partial charge in [-0.15, -0.1) is 0 Å². The Morgan fingerprint density at radius 2 is 1.69 bits per heavy atom. The molecule has 3 nitrogen and oxygen atoms in total. The van der Waals surface area contributed by atoms with Crippen molar-refractivity contribution in [1.82, 2.24) is 0 Å². The molecule has 0 amide bonds. The van der Waals surface area contributed by atoms with Crippen LogP contribution in [0.25, 0.3) is 0 Å². The van der Waals surface area contributed by atoms with Crippen LogP contribution in [0.15, 0.2) is 0 Å². The summed E-state index contributed by atoms with van der Waals surface area (Å²) in [4.78, 5) is 11.1. The van der Waals surface area contributed by atoms with Crippen LogP contribution in [0.3, 0.4) is 0 Å². The van der Waals surface area contributed by atoms with E-state index in [1.54, 1.807) is 20.8 Å². The lowest BCUT2D eigenvalue weighted by Crippen LogP contribution is -2.24. The first-order chi connectivity index (χ1) is 7.10. The zero-order valence-corrected chi connectivity index (χ0v) is 9.69. The molecule has 16 heavy (non-hydrogen) atoms. The monoisotopic (exact) mass is 242 g/mol. The van der Waals surface area contributed by atoms with E-state index in [0.717, 1.165) is 0 Å². The summed E-state index contributed by atoms with van der Waals surface area (Å²) in [6.45, 7) is 4.68. The van der Waals surface area contributed by atoms with Crippen molar-refractivity contribution in [3.63, 3.8) is 0 Å². The van der Waals surface area contributed by atoms with E-state index >= 15 is 0 Å². The van der Waals surface area contributed by atoms with Crippen molar-refractivity contribution in [3.05, 3.63) is 0 Å². The maximum atomic E-state index is 11.7. The Kier molecular flexibility index (Phi) is 5.78. The minimum Gasteiger partial charge on any atom is -0.460 e. The Hall–Kier alpha value is -0.780. The number of carbonyl (C=O) groups excluding carboxylic acids is 1. The van der Waals surface area contributed by atoms with Crippen LogP contribution in [0.2, 0.25) is 0 Å². The fourth-order valence-corrected chi connectivity index (χ4v) is 0.838. The third kappa shape index (κ3) is 11.3. The smallest absolute Gasteiger partial charge is 0.391 e. The molecule has 0 radical (unpaired) electrons. The minimum atomic E-state index is -4.22. The molecule has 96 valence electrons. The van der Waals surface area contributed by atoms with Gasteiger partial charge >= 0.3 is 12.1 Å². The first-order valence-electron chi connectivity index (χ1n) is 4.96. The van der Waals surface area contributed by atoms with Crippen LogP contribution < -0.4 is 0 Å². The number of carbonyl (C=O) groups is 1. The van der Waals surface area contributed by atoms with Gasteiger partial charge in [0.1, 0.15) is 5.60 Å². The summed E-state index contributed by atoms with van der Waals surface area (Å²) >= 11 is 0. The van der Waals surface area contributed by atoms with Gasteiger partial charge in [-0.25, -0.2) is 0 Å². The van der Waals surface area contributed by atoms with Crippen molar-refractivity contribution in [2.45, 2.75) is 45.4 Å². The Morgan fingerprint density at radius 1 is 1.12 bits per heavy atom. The van der Waals surface area contributed by atoms with Gasteiger partial charge in [0.25, 0.3) is 0 Å². The normalized spacial score (nSPS) is 12.6. The molecular weight excluding hydrogens is 225 g/mol. The molecule has 0 aromatic rings. The predicted octanol–water partition coefficient (Wildman–Crippen LogP) is 2.69. The van der Waals surface area contributed by atoms with Crippen LogP contribution in [0, 0.1) is 0 Å². The summed E-state index contributed by atoms with van der Waals surface area (Å²) in [5, 5.41) is 0. The topological polar surface area (TPSA) is 35.5 Å². The Balaban J connectivity index is 3.50. The van der Waals surface area contributed by atoms with E-state index in [2.05, 4.69) is 4.74 Å². The second-order valence-electron chi connectivity index (χ2n) is 4.31. The number of hydrogen-bond acceptors (Lipinski definition) is 3. The summed E-state index contributed by atoms with van der Waals surface area (Å²) in [7, 11) is 0. The van der Waals surface area contributed by atoms with E-state index in [-0.39, 0.29) is 13.0 Å². The van der Waals surface area contributed by atoms with Crippen LogP contribution in [0.4, 0.5) is 13.2 Å². The van der Waals surface area contributed by atoms with Gasteiger partial charge in [-0.3, -0.25) is 4.79 Å². The number of halogens is 3. The third-order valence-corrected chi connectivity index (χ3v) is 1.40. The van der Waals surface area contributed by atoms with E-state index in [9.17, 15) is 18.0 Å². The Labute approximate surface area is 92.9 Å². The van der Waals surface area contributed by atoms with E-state index < -0.39 is 30.8 Å². The highest BCUT2D eigenvalue weighted by atomic mass is 19.4. The second-order valence-corrected chi connectivity index (χ2v) is 4.31. The summed E-state index contributed by atoms with van der Waals surface area (Å²) in [5.74, 6) is -0.473. The largest absolute Gasteiger partial charge is 0.460 e. The van der Waals surface area contributed by atoms with Gasteiger partial charge in [0.05, 0.1) is 26.1 Å². The van der Waals surface area contributed by atoms with E-state index in [1.165, 1.54) is 0 Å². The molecule has 0 heterocycles. The molecule has 0 saturated heterocycles. The van der Waals surface area contributed by atoms with Crippen molar-refractivity contribution in [2.24, 2.45) is 0 Å². The fraction of sp³-hybridized carbons (Fsp3) is 0.900. The third-order valence-electron chi connectivity index (χ3n) is 1.40. The van der Waals surface area contributed by atoms with Gasteiger partial charge in [0, 0.05) is 0 Å². The van der Waals surface area contributed by atoms with Crippen LogP contribution in [0.5, 0.6) is 0 Å². The maximum absolute atomic E-state index is 11.7. The maximum Gasteiger partial charge on any atom is 0.391 e. The zero-order valence-electron chi connectivity index (χ0n) is 9.69. The zero-order chi connectivity index (χ0) is 12.8. The van der Waals surface area contributed by atoms with E-state index in [1.807, 2.05) is 0 Å². The van der Waals surface area contributed by atoms with Crippen LogP contribution >= 0.6 is 0 Å². The van der Waals surface area contributed by atoms with Crippen molar-refractivity contribution in [1.29, 1.82) is 0 Å². The molecule has 0 bridgehead atoms. The standard InChI is InChI=1S/C10H17F3O3/c1-9(2,3)16-8(14)4-6-15-7-5-10(11,12)13/h4-7H2,1-3H3. The summed E-state index contributed by atoms with van der Waals surface area (Å²) in [5.41, 5.74) is -0.580. The average molecular weight is 242 g/mol.